The Labute approximate surface area is 219 Å². The van der Waals surface area contributed by atoms with Gasteiger partial charge >= 0.3 is 6.03 Å². The minimum Gasteiger partial charge on any atom is -0.497 e. The van der Waals surface area contributed by atoms with Crippen LogP contribution in [0.2, 0.25) is 10.0 Å². The monoisotopic (exact) mass is 574 g/mol. The summed E-state index contributed by atoms with van der Waals surface area (Å²) in [6.07, 6.45) is 1.41. The lowest BCUT2D eigenvalue weighted by molar-refractivity contribution is -0.122. The van der Waals surface area contributed by atoms with Crippen molar-refractivity contribution in [2.45, 2.75) is 6.61 Å². The molecular formula is C25H17BrCl2N2O5. The van der Waals surface area contributed by atoms with Crippen molar-refractivity contribution in [3.63, 3.8) is 0 Å². The molecule has 1 fully saturated rings. The Morgan fingerprint density at radius 1 is 0.971 bits per heavy atom. The number of hydrogen-bond donors (Lipinski definition) is 1. The van der Waals surface area contributed by atoms with Gasteiger partial charge in [-0.1, -0.05) is 35.3 Å². The number of amides is 4. The first-order valence-corrected chi connectivity index (χ1v) is 11.7. The number of nitrogens with one attached hydrogen (secondary N) is 1. The van der Waals surface area contributed by atoms with Gasteiger partial charge in [0.25, 0.3) is 11.8 Å². The summed E-state index contributed by atoms with van der Waals surface area (Å²) in [7, 11) is 1.51. The largest absolute Gasteiger partial charge is 0.497 e. The molecule has 178 valence electrons. The number of barbiturate groups is 1. The number of hydrogen-bond acceptors (Lipinski definition) is 5. The number of halogens is 3. The molecule has 7 nitrogen and oxygen atoms in total. The smallest absolute Gasteiger partial charge is 0.335 e. The summed E-state index contributed by atoms with van der Waals surface area (Å²) in [6, 6.07) is 15.8. The number of carbonyl (C=O) groups excluding carboxylic acids is 3. The quantitative estimate of drug-likeness (QED) is 0.287. The molecule has 0 radical (unpaired) electrons. The maximum absolute atomic E-state index is 13.1. The zero-order chi connectivity index (χ0) is 25.1. The number of nitrogens with zero attached hydrogens (tertiary/aromatic N) is 1. The van der Waals surface area contributed by atoms with Gasteiger partial charge in [0.1, 0.15) is 23.7 Å². The molecule has 0 spiro atoms. The summed E-state index contributed by atoms with van der Waals surface area (Å²) in [5.74, 6) is -0.398. The number of ether oxygens (including phenoxy) is 2. The fourth-order valence-corrected chi connectivity index (χ4v) is 4.14. The average Bonchev–Trinajstić information content (AvgIpc) is 2.83. The van der Waals surface area contributed by atoms with Gasteiger partial charge in [-0.3, -0.25) is 14.9 Å². The predicted octanol–water partition coefficient (Wildman–Crippen LogP) is 6.01. The molecule has 0 atom stereocenters. The lowest BCUT2D eigenvalue weighted by Gasteiger charge is -2.26. The second-order valence-corrected chi connectivity index (χ2v) is 9.05. The van der Waals surface area contributed by atoms with Gasteiger partial charge < -0.3 is 9.47 Å². The van der Waals surface area contributed by atoms with Crippen LogP contribution >= 0.6 is 39.1 Å². The molecule has 0 aromatic heterocycles. The van der Waals surface area contributed by atoms with E-state index in [2.05, 4.69) is 21.2 Å². The van der Waals surface area contributed by atoms with Gasteiger partial charge in [0.15, 0.2) is 0 Å². The van der Waals surface area contributed by atoms with Gasteiger partial charge in [-0.2, -0.15) is 0 Å². The predicted molar refractivity (Wildman–Crippen MR) is 137 cm³/mol. The Morgan fingerprint density at radius 3 is 2.37 bits per heavy atom. The van der Waals surface area contributed by atoms with E-state index in [1.807, 2.05) is 6.07 Å². The molecule has 4 rings (SSSR count). The van der Waals surface area contributed by atoms with Gasteiger partial charge in [-0.05, 0) is 81.7 Å². The van der Waals surface area contributed by atoms with Gasteiger partial charge in [0.2, 0.25) is 0 Å². The van der Waals surface area contributed by atoms with Crippen LogP contribution in [0.25, 0.3) is 6.08 Å². The number of urea groups is 1. The Bertz CT molecular complexity index is 1360. The van der Waals surface area contributed by atoms with Crippen molar-refractivity contribution in [2.75, 3.05) is 12.0 Å². The number of rotatable bonds is 6. The summed E-state index contributed by atoms with van der Waals surface area (Å²) in [6.45, 7) is 0.260. The summed E-state index contributed by atoms with van der Waals surface area (Å²) < 4.78 is 11.5. The number of anilines is 1. The molecule has 0 aliphatic carbocycles. The van der Waals surface area contributed by atoms with Crippen LogP contribution < -0.4 is 19.7 Å². The molecule has 1 heterocycles. The summed E-state index contributed by atoms with van der Waals surface area (Å²) >= 11 is 15.4. The van der Waals surface area contributed by atoms with Crippen molar-refractivity contribution in [3.8, 4) is 11.5 Å². The zero-order valence-corrected chi connectivity index (χ0v) is 21.3. The third-order valence-electron chi connectivity index (χ3n) is 5.08. The van der Waals surface area contributed by atoms with Crippen LogP contribution in [-0.2, 0) is 16.2 Å². The van der Waals surface area contributed by atoms with Crippen LogP contribution in [-0.4, -0.2) is 25.0 Å². The first-order chi connectivity index (χ1) is 16.8. The van der Waals surface area contributed by atoms with E-state index in [9.17, 15) is 14.4 Å². The molecule has 1 saturated heterocycles. The highest BCUT2D eigenvalue weighted by Gasteiger charge is 2.36. The Kier molecular flexibility index (Phi) is 7.45. The normalized spacial score (nSPS) is 14.8. The lowest BCUT2D eigenvalue weighted by atomic mass is 10.1. The third-order valence-corrected chi connectivity index (χ3v) is 6.44. The van der Waals surface area contributed by atoms with Crippen molar-refractivity contribution in [2.24, 2.45) is 0 Å². The summed E-state index contributed by atoms with van der Waals surface area (Å²) in [4.78, 5) is 38.8. The molecule has 1 aliphatic rings. The Balaban J connectivity index is 1.54. The van der Waals surface area contributed by atoms with Crippen molar-refractivity contribution >= 4 is 68.7 Å². The molecule has 0 unspecified atom stereocenters. The van der Waals surface area contributed by atoms with Crippen molar-refractivity contribution in [1.82, 2.24) is 5.32 Å². The van der Waals surface area contributed by atoms with E-state index in [0.717, 1.165) is 10.5 Å². The molecule has 1 aliphatic heterocycles. The Hall–Kier alpha value is -3.33. The van der Waals surface area contributed by atoms with E-state index in [1.54, 1.807) is 54.6 Å². The average molecular weight is 576 g/mol. The van der Waals surface area contributed by atoms with E-state index < -0.39 is 17.8 Å². The molecule has 0 bridgehead atoms. The molecule has 1 N–H and O–H groups in total. The van der Waals surface area contributed by atoms with Crippen molar-refractivity contribution in [3.05, 3.63) is 91.9 Å². The summed E-state index contributed by atoms with van der Waals surface area (Å²) in [5.41, 5.74) is 1.52. The molecule has 35 heavy (non-hydrogen) atoms. The fourth-order valence-electron chi connectivity index (χ4n) is 3.30. The lowest BCUT2D eigenvalue weighted by Crippen LogP contribution is -2.54. The van der Waals surface area contributed by atoms with Crippen molar-refractivity contribution < 1.29 is 23.9 Å². The molecule has 0 saturated carbocycles. The second-order valence-electron chi connectivity index (χ2n) is 7.38. The summed E-state index contributed by atoms with van der Waals surface area (Å²) in [5, 5.41) is 3.10. The van der Waals surface area contributed by atoms with Crippen LogP contribution in [0.1, 0.15) is 11.1 Å². The van der Waals surface area contributed by atoms with Crippen LogP contribution in [0.3, 0.4) is 0 Å². The number of imide groups is 2. The molecular weight excluding hydrogens is 559 g/mol. The minimum atomic E-state index is -0.824. The number of carbonyl (C=O) groups is 3. The van der Waals surface area contributed by atoms with E-state index in [4.69, 9.17) is 32.7 Å². The number of methoxy groups -OCH3 is 1. The topological polar surface area (TPSA) is 84.9 Å². The Morgan fingerprint density at radius 2 is 1.71 bits per heavy atom. The van der Waals surface area contributed by atoms with Crippen LogP contribution in [0.4, 0.5) is 10.5 Å². The number of benzene rings is 3. The molecule has 4 amide bonds. The first kappa shape index (κ1) is 24.8. The van der Waals surface area contributed by atoms with Crippen LogP contribution in [0.15, 0.2) is 70.7 Å². The SMILES string of the molecule is COc1ccc(N2C(=O)NC(=O)/C(=C\c3ccc(OCc4ccc(Cl)c(Cl)c4)c(Br)c3)C2=O)cc1. The molecule has 3 aromatic rings. The maximum Gasteiger partial charge on any atom is 0.335 e. The highest BCUT2D eigenvalue weighted by Crippen LogP contribution is 2.30. The highest BCUT2D eigenvalue weighted by atomic mass is 79.9. The third kappa shape index (κ3) is 5.51. The van der Waals surface area contributed by atoms with Crippen LogP contribution in [0, 0.1) is 0 Å². The van der Waals surface area contributed by atoms with E-state index in [-0.39, 0.29) is 12.2 Å². The van der Waals surface area contributed by atoms with Gasteiger partial charge in [0, 0.05) is 0 Å². The first-order valence-electron chi connectivity index (χ1n) is 10.2. The van der Waals surface area contributed by atoms with Gasteiger partial charge in [0.05, 0.1) is 27.3 Å². The van der Waals surface area contributed by atoms with E-state index in [1.165, 1.54) is 13.2 Å². The van der Waals surface area contributed by atoms with Gasteiger partial charge in [-0.25, -0.2) is 9.69 Å². The zero-order valence-electron chi connectivity index (χ0n) is 18.2. The highest BCUT2D eigenvalue weighted by molar-refractivity contribution is 9.10. The molecule has 10 heteroatoms. The maximum atomic E-state index is 13.1. The minimum absolute atomic E-state index is 0.184. The second kappa shape index (κ2) is 10.5. The van der Waals surface area contributed by atoms with Crippen LogP contribution in [0.5, 0.6) is 11.5 Å². The van der Waals surface area contributed by atoms with E-state index in [0.29, 0.717) is 37.3 Å². The van der Waals surface area contributed by atoms with Crippen molar-refractivity contribution in [1.29, 1.82) is 0 Å². The fraction of sp³-hybridized carbons (Fsp3) is 0.0800. The van der Waals surface area contributed by atoms with E-state index >= 15 is 0 Å². The molecule has 3 aromatic carbocycles. The van der Waals surface area contributed by atoms with Gasteiger partial charge in [-0.15, -0.1) is 0 Å². The standard InChI is InChI=1S/C25H17BrCl2N2O5/c1-34-17-6-4-16(5-7-17)30-24(32)18(23(31)29-25(30)33)10-14-3-9-22(19(26)11-14)35-13-15-2-8-20(27)21(28)12-15/h2-12H,13H2,1H3,(H,29,31,33)/b18-10+.